The monoisotopic (exact) mass is 166 g/mol. The Kier molecular flexibility index (Phi) is 1.33. The summed E-state index contributed by atoms with van der Waals surface area (Å²) in [5.74, 6) is 0.421. The number of rotatable bonds is 1. The van der Waals surface area contributed by atoms with Crippen LogP contribution in [0.4, 0.5) is 0 Å². The van der Waals surface area contributed by atoms with Gasteiger partial charge >= 0.3 is 0 Å². The summed E-state index contributed by atoms with van der Waals surface area (Å²) in [6, 6.07) is 0. The number of carbonyl (C=O) groups is 1. The Morgan fingerprint density at radius 2 is 2.42 bits per heavy atom. The zero-order valence-electron chi connectivity index (χ0n) is 7.34. The molecule has 0 amide bonds. The Balaban J connectivity index is 2.32. The van der Waals surface area contributed by atoms with Crippen LogP contribution < -0.4 is 0 Å². The number of ketones is 1. The van der Waals surface area contributed by atoms with Gasteiger partial charge in [-0.25, -0.2) is 0 Å². The van der Waals surface area contributed by atoms with E-state index in [2.05, 4.69) is 6.58 Å². The van der Waals surface area contributed by atoms with Gasteiger partial charge < -0.3 is 5.11 Å². The third kappa shape index (κ3) is 0.626. The Bertz CT molecular complexity index is 259. The summed E-state index contributed by atoms with van der Waals surface area (Å²) in [5, 5.41) is 10.00. The van der Waals surface area contributed by atoms with Crippen LogP contribution in [-0.4, -0.2) is 16.5 Å². The molecular formula is C10H14O2. The molecule has 0 spiro atoms. The van der Waals surface area contributed by atoms with Crippen molar-refractivity contribution in [3.8, 4) is 0 Å². The molecule has 0 aliphatic heterocycles. The van der Waals surface area contributed by atoms with E-state index in [0.29, 0.717) is 18.6 Å². The minimum Gasteiger partial charge on any atom is -0.385 e. The summed E-state index contributed by atoms with van der Waals surface area (Å²) >= 11 is 0. The zero-order valence-corrected chi connectivity index (χ0v) is 7.34. The van der Waals surface area contributed by atoms with E-state index in [-0.39, 0.29) is 11.3 Å². The molecule has 2 heteroatoms. The molecule has 3 atom stereocenters. The predicted molar refractivity (Wildman–Crippen MR) is 45.6 cm³/mol. The van der Waals surface area contributed by atoms with Crippen LogP contribution in [-0.2, 0) is 4.79 Å². The van der Waals surface area contributed by atoms with Gasteiger partial charge in [-0.2, -0.15) is 0 Å². The minimum atomic E-state index is -0.774. The first-order valence-electron chi connectivity index (χ1n) is 4.42. The molecular weight excluding hydrogens is 152 g/mol. The molecule has 0 aromatic rings. The summed E-state index contributed by atoms with van der Waals surface area (Å²) in [5.41, 5.74) is -0.977. The van der Waals surface area contributed by atoms with Crippen LogP contribution in [0, 0.1) is 11.3 Å². The fourth-order valence-corrected chi connectivity index (χ4v) is 2.67. The van der Waals surface area contributed by atoms with Gasteiger partial charge in [0.15, 0.2) is 0 Å². The maximum absolute atomic E-state index is 11.3. The maximum Gasteiger partial charge on any atom is 0.136 e. The van der Waals surface area contributed by atoms with Crippen LogP contribution in [0.5, 0.6) is 0 Å². The third-order valence-corrected chi connectivity index (χ3v) is 3.89. The van der Waals surface area contributed by atoms with Gasteiger partial charge in [0.25, 0.3) is 0 Å². The van der Waals surface area contributed by atoms with Crippen LogP contribution in [0.3, 0.4) is 0 Å². The predicted octanol–water partition coefficient (Wildman–Crippen LogP) is 1.29. The average molecular weight is 166 g/mol. The van der Waals surface area contributed by atoms with Crippen molar-refractivity contribution in [3.05, 3.63) is 12.7 Å². The van der Waals surface area contributed by atoms with Gasteiger partial charge in [0.2, 0.25) is 0 Å². The van der Waals surface area contributed by atoms with Crippen molar-refractivity contribution in [1.82, 2.24) is 0 Å². The van der Waals surface area contributed by atoms with Crippen LogP contribution in [0.25, 0.3) is 0 Å². The molecule has 0 heterocycles. The molecule has 66 valence electrons. The number of fused-ring (bicyclic) bond motifs is 1. The SMILES string of the molecule is C=CC1(O)CC2C(=O)CCC21C. The molecule has 0 saturated heterocycles. The van der Waals surface area contributed by atoms with Crippen LogP contribution in [0.1, 0.15) is 26.2 Å². The highest BCUT2D eigenvalue weighted by molar-refractivity contribution is 5.86. The average Bonchev–Trinajstić information content (AvgIpc) is 2.29. The molecule has 2 nitrogen and oxygen atoms in total. The zero-order chi connectivity index (χ0) is 8.98. The summed E-state index contributed by atoms with van der Waals surface area (Å²) < 4.78 is 0. The van der Waals surface area contributed by atoms with E-state index in [4.69, 9.17) is 0 Å². The van der Waals surface area contributed by atoms with Crippen molar-refractivity contribution in [2.75, 3.05) is 0 Å². The Morgan fingerprint density at radius 1 is 1.75 bits per heavy atom. The first-order valence-corrected chi connectivity index (χ1v) is 4.42. The molecule has 1 N–H and O–H groups in total. The lowest BCUT2D eigenvalue weighted by molar-refractivity contribution is -0.165. The number of carbonyl (C=O) groups excluding carboxylic acids is 1. The van der Waals surface area contributed by atoms with Gasteiger partial charge in [0, 0.05) is 17.8 Å². The normalized spacial score (nSPS) is 51.5. The number of hydrogen-bond donors (Lipinski definition) is 1. The lowest BCUT2D eigenvalue weighted by atomic mass is 9.52. The molecule has 2 saturated carbocycles. The van der Waals surface area contributed by atoms with Crippen molar-refractivity contribution in [1.29, 1.82) is 0 Å². The highest BCUT2D eigenvalue weighted by atomic mass is 16.3. The number of Topliss-reactive ketones (excluding diaryl/α,β-unsaturated/α-hetero) is 1. The molecule has 2 rings (SSSR count). The molecule has 2 aliphatic rings. The van der Waals surface area contributed by atoms with Crippen LogP contribution >= 0.6 is 0 Å². The Hall–Kier alpha value is -0.630. The van der Waals surface area contributed by atoms with Crippen molar-refractivity contribution in [2.45, 2.75) is 31.8 Å². The Labute approximate surface area is 72.3 Å². The minimum absolute atomic E-state index is 0.0977. The smallest absolute Gasteiger partial charge is 0.136 e. The molecule has 0 aromatic carbocycles. The van der Waals surface area contributed by atoms with E-state index in [1.54, 1.807) is 6.08 Å². The second-order valence-corrected chi connectivity index (χ2v) is 4.27. The number of aliphatic hydroxyl groups is 1. The van der Waals surface area contributed by atoms with Gasteiger partial charge in [-0.15, -0.1) is 6.58 Å². The summed E-state index contributed by atoms with van der Waals surface area (Å²) in [6.45, 7) is 5.62. The highest BCUT2D eigenvalue weighted by Gasteiger charge is 2.65. The summed E-state index contributed by atoms with van der Waals surface area (Å²) in [7, 11) is 0. The van der Waals surface area contributed by atoms with Gasteiger partial charge in [-0.1, -0.05) is 13.0 Å². The fourth-order valence-electron chi connectivity index (χ4n) is 2.67. The summed E-state index contributed by atoms with van der Waals surface area (Å²) in [4.78, 5) is 11.3. The quantitative estimate of drug-likeness (QED) is 0.596. The largest absolute Gasteiger partial charge is 0.385 e. The van der Waals surface area contributed by atoms with Gasteiger partial charge in [0.1, 0.15) is 5.78 Å². The second kappa shape index (κ2) is 1.99. The standard InChI is InChI=1S/C10H14O2/c1-3-10(12)6-7-8(11)4-5-9(7,10)2/h3,7,12H,1,4-6H2,2H3. The molecule has 0 aromatic heterocycles. The lowest BCUT2D eigenvalue weighted by Gasteiger charge is -2.55. The maximum atomic E-state index is 11.3. The fraction of sp³-hybridized carbons (Fsp3) is 0.700. The van der Waals surface area contributed by atoms with E-state index in [1.165, 1.54) is 0 Å². The molecule has 2 aliphatic carbocycles. The van der Waals surface area contributed by atoms with Crippen molar-refractivity contribution in [2.24, 2.45) is 11.3 Å². The Morgan fingerprint density at radius 3 is 2.92 bits per heavy atom. The van der Waals surface area contributed by atoms with Gasteiger partial charge in [0.05, 0.1) is 5.60 Å². The van der Waals surface area contributed by atoms with Gasteiger partial charge in [-0.05, 0) is 12.8 Å². The number of hydrogen-bond acceptors (Lipinski definition) is 2. The lowest BCUT2D eigenvalue weighted by Crippen LogP contribution is -2.59. The van der Waals surface area contributed by atoms with Crippen molar-refractivity contribution < 1.29 is 9.90 Å². The third-order valence-electron chi connectivity index (χ3n) is 3.89. The first kappa shape index (κ1) is 7.99. The highest BCUT2D eigenvalue weighted by Crippen LogP contribution is 2.62. The topological polar surface area (TPSA) is 37.3 Å². The molecule has 0 radical (unpaired) electrons. The molecule has 3 unspecified atom stereocenters. The van der Waals surface area contributed by atoms with E-state index in [9.17, 15) is 9.90 Å². The van der Waals surface area contributed by atoms with E-state index in [1.807, 2.05) is 6.92 Å². The van der Waals surface area contributed by atoms with Crippen LogP contribution in [0.15, 0.2) is 12.7 Å². The van der Waals surface area contributed by atoms with Crippen molar-refractivity contribution in [3.63, 3.8) is 0 Å². The molecule has 2 fully saturated rings. The van der Waals surface area contributed by atoms with Gasteiger partial charge in [-0.3, -0.25) is 4.79 Å². The van der Waals surface area contributed by atoms with Crippen molar-refractivity contribution >= 4 is 5.78 Å². The van der Waals surface area contributed by atoms with E-state index >= 15 is 0 Å². The molecule has 12 heavy (non-hydrogen) atoms. The van der Waals surface area contributed by atoms with E-state index < -0.39 is 5.60 Å². The first-order chi connectivity index (χ1) is 5.53. The molecule has 0 bridgehead atoms. The second-order valence-electron chi connectivity index (χ2n) is 4.27. The van der Waals surface area contributed by atoms with Crippen LogP contribution in [0.2, 0.25) is 0 Å². The summed E-state index contributed by atoms with van der Waals surface area (Å²) in [6.07, 6.45) is 3.64. The van der Waals surface area contributed by atoms with E-state index in [0.717, 1.165) is 6.42 Å².